The molecule has 2 heteroatoms. The molecule has 98 valence electrons. The van der Waals surface area contributed by atoms with Crippen molar-refractivity contribution in [2.75, 3.05) is 18.5 Å². The fourth-order valence-corrected chi connectivity index (χ4v) is 2.86. The van der Waals surface area contributed by atoms with E-state index >= 15 is 0 Å². The van der Waals surface area contributed by atoms with Crippen LogP contribution in [-0.2, 0) is 4.79 Å². The molecule has 0 saturated heterocycles. The minimum atomic E-state index is 0.240. The van der Waals surface area contributed by atoms with Crippen LogP contribution in [0.4, 0.5) is 5.69 Å². The molecule has 0 aliphatic heterocycles. The summed E-state index contributed by atoms with van der Waals surface area (Å²) in [4.78, 5) is 14.1. The molecule has 1 aliphatic rings. The number of Topliss-reactive ketones (excluding diaryl/α,β-unsaturated/α-hetero) is 1. The van der Waals surface area contributed by atoms with Gasteiger partial charge in [-0.1, -0.05) is 12.5 Å². The first-order valence-corrected chi connectivity index (χ1v) is 6.88. The number of anilines is 1. The third kappa shape index (κ3) is 3.12. The zero-order valence-corrected chi connectivity index (χ0v) is 11.7. The quantitative estimate of drug-likeness (QED) is 0.812. The molecule has 0 amide bonds. The van der Waals surface area contributed by atoms with Gasteiger partial charge in [0.15, 0.2) is 0 Å². The van der Waals surface area contributed by atoms with Crippen molar-refractivity contribution in [1.82, 2.24) is 0 Å². The van der Waals surface area contributed by atoms with Crippen molar-refractivity contribution >= 4 is 11.5 Å². The Balaban J connectivity index is 2.06. The van der Waals surface area contributed by atoms with Crippen LogP contribution in [0.3, 0.4) is 0 Å². The van der Waals surface area contributed by atoms with Crippen molar-refractivity contribution in [1.29, 1.82) is 0 Å². The second kappa shape index (κ2) is 5.55. The number of hydrogen-bond donors (Lipinski definition) is 0. The van der Waals surface area contributed by atoms with Gasteiger partial charge in [0.25, 0.3) is 0 Å². The Bertz CT molecular complexity index is 418. The molecule has 0 N–H and O–H groups in total. The van der Waals surface area contributed by atoms with Crippen molar-refractivity contribution in [3.63, 3.8) is 0 Å². The molecular formula is C16H23NO. The minimum absolute atomic E-state index is 0.240. The molecule has 1 unspecified atom stereocenters. The van der Waals surface area contributed by atoms with Gasteiger partial charge in [-0.2, -0.15) is 0 Å². The van der Waals surface area contributed by atoms with Gasteiger partial charge in [-0.15, -0.1) is 0 Å². The summed E-state index contributed by atoms with van der Waals surface area (Å²) in [5, 5.41) is 0. The van der Waals surface area contributed by atoms with Crippen molar-refractivity contribution in [2.45, 2.75) is 39.5 Å². The van der Waals surface area contributed by atoms with E-state index in [0.717, 1.165) is 25.8 Å². The van der Waals surface area contributed by atoms with Gasteiger partial charge in [0.2, 0.25) is 0 Å². The summed E-state index contributed by atoms with van der Waals surface area (Å²) in [7, 11) is 2.09. The predicted molar refractivity (Wildman–Crippen MR) is 76.2 cm³/mol. The molecule has 2 nitrogen and oxygen atoms in total. The molecule has 1 fully saturated rings. The molecule has 1 aromatic carbocycles. The standard InChI is InChI=1S/C16H23NO/c1-12-8-13(2)10-15(9-12)17(3)11-14-6-4-5-7-16(14)18/h8-10,14H,4-7,11H2,1-3H3. The highest BCUT2D eigenvalue weighted by atomic mass is 16.1. The van der Waals surface area contributed by atoms with Crippen LogP contribution >= 0.6 is 0 Å². The molecule has 2 rings (SSSR count). The fraction of sp³-hybridized carbons (Fsp3) is 0.562. The summed E-state index contributed by atoms with van der Waals surface area (Å²) in [6.07, 6.45) is 4.14. The van der Waals surface area contributed by atoms with Crippen LogP contribution in [0.2, 0.25) is 0 Å². The van der Waals surface area contributed by atoms with E-state index in [1.54, 1.807) is 0 Å². The summed E-state index contributed by atoms with van der Waals surface area (Å²) >= 11 is 0. The Hall–Kier alpha value is -1.31. The lowest BCUT2D eigenvalue weighted by atomic mass is 9.87. The highest BCUT2D eigenvalue weighted by Crippen LogP contribution is 2.24. The molecular weight excluding hydrogens is 222 g/mol. The lowest BCUT2D eigenvalue weighted by molar-refractivity contribution is -0.124. The number of hydrogen-bond acceptors (Lipinski definition) is 2. The zero-order chi connectivity index (χ0) is 13.1. The number of benzene rings is 1. The minimum Gasteiger partial charge on any atom is -0.374 e. The SMILES string of the molecule is Cc1cc(C)cc(N(C)CC2CCCCC2=O)c1. The Morgan fingerprint density at radius 3 is 2.44 bits per heavy atom. The summed E-state index contributed by atoms with van der Waals surface area (Å²) < 4.78 is 0. The van der Waals surface area contributed by atoms with Crippen molar-refractivity contribution < 1.29 is 4.79 Å². The fourth-order valence-electron chi connectivity index (χ4n) is 2.86. The maximum atomic E-state index is 11.9. The van der Waals surface area contributed by atoms with E-state index < -0.39 is 0 Å². The zero-order valence-electron chi connectivity index (χ0n) is 11.7. The van der Waals surface area contributed by atoms with E-state index in [4.69, 9.17) is 0 Å². The van der Waals surface area contributed by atoms with Crippen molar-refractivity contribution in [2.24, 2.45) is 5.92 Å². The van der Waals surface area contributed by atoms with Gasteiger partial charge >= 0.3 is 0 Å². The summed E-state index contributed by atoms with van der Waals surface area (Å²) in [5.41, 5.74) is 3.80. The number of nitrogens with zero attached hydrogens (tertiary/aromatic N) is 1. The molecule has 18 heavy (non-hydrogen) atoms. The maximum absolute atomic E-state index is 11.9. The molecule has 0 bridgehead atoms. The molecule has 1 aliphatic carbocycles. The van der Waals surface area contributed by atoms with Gasteiger partial charge in [0.1, 0.15) is 5.78 Å². The highest BCUT2D eigenvalue weighted by molar-refractivity contribution is 5.82. The molecule has 1 saturated carbocycles. The Morgan fingerprint density at radius 2 is 1.83 bits per heavy atom. The number of carbonyl (C=O) groups excluding carboxylic acids is 1. The normalized spacial score (nSPS) is 19.9. The van der Waals surface area contributed by atoms with Gasteiger partial charge < -0.3 is 4.90 Å². The smallest absolute Gasteiger partial charge is 0.137 e. The monoisotopic (exact) mass is 245 g/mol. The van der Waals surface area contributed by atoms with E-state index in [1.807, 2.05) is 0 Å². The third-order valence-corrected chi connectivity index (χ3v) is 3.82. The van der Waals surface area contributed by atoms with Crippen LogP contribution in [0.25, 0.3) is 0 Å². The summed E-state index contributed by atoms with van der Waals surface area (Å²) in [5.74, 6) is 0.696. The second-order valence-corrected chi connectivity index (χ2v) is 5.64. The Labute approximate surface area is 110 Å². The van der Waals surface area contributed by atoms with Gasteiger partial charge in [0.05, 0.1) is 0 Å². The second-order valence-electron chi connectivity index (χ2n) is 5.64. The third-order valence-electron chi connectivity index (χ3n) is 3.82. The Kier molecular flexibility index (Phi) is 4.05. The van der Waals surface area contributed by atoms with Gasteiger partial charge in [-0.05, 0) is 49.9 Å². The number of carbonyl (C=O) groups is 1. The first-order chi connectivity index (χ1) is 8.56. The average Bonchev–Trinajstić information content (AvgIpc) is 2.31. The molecule has 1 aromatic rings. The first kappa shape index (κ1) is 13.1. The first-order valence-electron chi connectivity index (χ1n) is 6.88. The highest BCUT2D eigenvalue weighted by Gasteiger charge is 2.23. The Morgan fingerprint density at radius 1 is 1.17 bits per heavy atom. The predicted octanol–water partition coefficient (Wildman–Crippen LogP) is 3.50. The van der Waals surface area contributed by atoms with E-state index in [0.29, 0.717) is 5.78 Å². The van der Waals surface area contributed by atoms with Crippen molar-refractivity contribution in [3.8, 4) is 0 Å². The van der Waals surface area contributed by atoms with E-state index in [1.165, 1.54) is 23.2 Å². The van der Waals surface area contributed by atoms with E-state index in [-0.39, 0.29) is 5.92 Å². The van der Waals surface area contributed by atoms with Crippen LogP contribution in [0.1, 0.15) is 36.8 Å². The number of ketones is 1. The molecule has 0 radical (unpaired) electrons. The topological polar surface area (TPSA) is 20.3 Å². The van der Waals surface area contributed by atoms with E-state index in [2.05, 4.69) is 44.0 Å². The lowest BCUT2D eigenvalue weighted by Gasteiger charge is -2.28. The number of rotatable bonds is 3. The summed E-state index contributed by atoms with van der Waals surface area (Å²) in [6.45, 7) is 5.11. The van der Waals surface area contributed by atoms with Crippen molar-refractivity contribution in [3.05, 3.63) is 29.3 Å². The number of aryl methyl sites for hydroxylation is 2. The van der Waals surface area contributed by atoms with Crippen LogP contribution in [-0.4, -0.2) is 19.4 Å². The summed E-state index contributed by atoms with van der Waals surface area (Å²) in [6, 6.07) is 6.57. The molecule has 0 heterocycles. The largest absolute Gasteiger partial charge is 0.374 e. The van der Waals surface area contributed by atoms with E-state index in [9.17, 15) is 4.79 Å². The lowest BCUT2D eigenvalue weighted by Crippen LogP contribution is -2.32. The van der Waals surface area contributed by atoms with Crippen LogP contribution in [0.15, 0.2) is 18.2 Å². The van der Waals surface area contributed by atoms with Crippen LogP contribution in [0.5, 0.6) is 0 Å². The molecule has 0 spiro atoms. The average molecular weight is 245 g/mol. The van der Waals surface area contributed by atoms with Crippen LogP contribution in [0, 0.1) is 19.8 Å². The maximum Gasteiger partial charge on any atom is 0.137 e. The van der Waals surface area contributed by atoms with Crippen LogP contribution < -0.4 is 4.90 Å². The van der Waals surface area contributed by atoms with Gasteiger partial charge in [-0.25, -0.2) is 0 Å². The van der Waals surface area contributed by atoms with Gasteiger partial charge in [0, 0.05) is 31.6 Å². The van der Waals surface area contributed by atoms with Gasteiger partial charge in [-0.3, -0.25) is 4.79 Å². The molecule has 0 aromatic heterocycles. The molecule has 1 atom stereocenters.